The van der Waals surface area contributed by atoms with Crippen LogP contribution in [0.3, 0.4) is 0 Å². The summed E-state index contributed by atoms with van der Waals surface area (Å²) in [6, 6.07) is 13.7. The van der Waals surface area contributed by atoms with Crippen molar-refractivity contribution >= 4 is 27.5 Å². The molecule has 29 heavy (non-hydrogen) atoms. The van der Waals surface area contributed by atoms with Crippen LogP contribution >= 0.6 is 11.6 Å². The van der Waals surface area contributed by atoms with E-state index in [2.05, 4.69) is 0 Å². The first kappa shape index (κ1) is 21.6. The van der Waals surface area contributed by atoms with Gasteiger partial charge in [0.15, 0.2) is 0 Å². The van der Waals surface area contributed by atoms with Gasteiger partial charge in [-0.25, -0.2) is 8.42 Å². The van der Waals surface area contributed by atoms with Crippen molar-refractivity contribution in [1.29, 1.82) is 0 Å². The number of rotatable bonds is 6. The summed E-state index contributed by atoms with van der Waals surface area (Å²) in [4.78, 5) is 14.8. The lowest BCUT2D eigenvalue weighted by Crippen LogP contribution is -2.45. The number of hydrogen-bond donors (Lipinski definition) is 0. The Morgan fingerprint density at radius 1 is 1.17 bits per heavy atom. The van der Waals surface area contributed by atoms with Crippen LogP contribution in [0.1, 0.15) is 18.4 Å². The van der Waals surface area contributed by atoms with Gasteiger partial charge in [-0.2, -0.15) is 4.31 Å². The van der Waals surface area contributed by atoms with Gasteiger partial charge in [-0.05, 0) is 54.8 Å². The van der Waals surface area contributed by atoms with Crippen molar-refractivity contribution in [3.8, 4) is 5.75 Å². The number of amides is 1. The van der Waals surface area contributed by atoms with E-state index in [1.165, 1.54) is 16.4 Å². The molecule has 6 nitrogen and oxygen atoms in total. The van der Waals surface area contributed by atoms with Crippen LogP contribution < -0.4 is 4.74 Å². The third kappa shape index (κ3) is 5.10. The van der Waals surface area contributed by atoms with Crippen LogP contribution in [0.5, 0.6) is 5.75 Å². The average Bonchev–Trinajstić information content (AvgIpc) is 2.74. The number of methoxy groups -OCH3 is 1. The maximum atomic E-state index is 12.9. The van der Waals surface area contributed by atoms with Crippen LogP contribution in [0, 0.1) is 5.92 Å². The minimum atomic E-state index is -3.65. The summed E-state index contributed by atoms with van der Waals surface area (Å²) in [6.07, 6.45) is 1.33. The molecule has 2 aromatic rings. The van der Waals surface area contributed by atoms with Gasteiger partial charge in [-0.1, -0.05) is 23.7 Å². The van der Waals surface area contributed by atoms with E-state index in [-0.39, 0.29) is 23.3 Å². The molecule has 0 unspecified atom stereocenters. The van der Waals surface area contributed by atoms with E-state index in [0.717, 1.165) is 11.3 Å². The zero-order valence-electron chi connectivity index (χ0n) is 16.5. The summed E-state index contributed by atoms with van der Waals surface area (Å²) < 4.78 is 32.4. The van der Waals surface area contributed by atoms with Gasteiger partial charge in [-0.3, -0.25) is 4.79 Å². The first-order valence-electron chi connectivity index (χ1n) is 9.45. The van der Waals surface area contributed by atoms with E-state index in [1.54, 1.807) is 31.2 Å². The molecular formula is C21H25ClN2O4S. The van der Waals surface area contributed by atoms with E-state index < -0.39 is 10.0 Å². The highest BCUT2D eigenvalue weighted by Gasteiger charge is 2.34. The second kappa shape index (κ2) is 9.15. The molecule has 0 saturated carbocycles. The Hall–Kier alpha value is -2.09. The summed E-state index contributed by atoms with van der Waals surface area (Å²) in [5, 5.41) is 0.482. The number of sulfonamides is 1. The van der Waals surface area contributed by atoms with Crippen molar-refractivity contribution in [3.63, 3.8) is 0 Å². The molecule has 1 fully saturated rings. The Kier molecular flexibility index (Phi) is 6.82. The molecule has 1 amide bonds. The zero-order valence-corrected chi connectivity index (χ0v) is 18.1. The molecule has 0 aliphatic carbocycles. The molecule has 2 aromatic carbocycles. The summed E-state index contributed by atoms with van der Waals surface area (Å²) in [5.41, 5.74) is 0.989. The van der Waals surface area contributed by atoms with Gasteiger partial charge < -0.3 is 9.64 Å². The maximum Gasteiger partial charge on any atom is 0.243 e. The Balaban J connectivity index is 1.67. The van der Waals surface area contributed by atoms with E-state index in [1.807, 2.05) is 24.3 Å². The first-order chi connectivity index (χ1) is 13.8. The monoisotopic (exact) mass is 436 g/mol. The van der Waals surface area contributed by atoms with Crippen LogP contribution in [0.2, 0.25) is 5.02 Å². The van der Waals surface area contributed by atoms with E-state index >= 15 is 0 Å². The van der Waals surface area contributed by atoms with Crippen LogP contribution in [0.25, 0.3) is 0 Å². The quantitative estimate of drug-likeness (QED) is 0.696. The highest BCUT2D eigenvalue weighted by Crippen LogP contribution is 2.26. The number of nitrogens with zero attached hydrogens (tertiary/aromatic N) is 2. The average molecular weight is 437 g/mol. The molecule has 1 aliphatic rings. The fourth-order valence-electron chi connectivity index (χ4n) is 3.51. The van der Waals surface area contributed by atoms with Crippen molar-refractivity contribution < 1.29 is 17.9 Å². The van der Waals surface area contributed by atoms with Gasteiger partial charge in [0.2, 0.25) is 15.9 Å². The van der Waals surface area contributed by atoms with Crippen molar-refractivity contribution in [2.45, 2.75) is 24.3 Å². The molecule has 0 aromatic heterocycles. The Bertz CT molecular complexity index is 946. The summed E-state index contributed by atoms with van der Waals surface area (Å²) in [7, 11) is -0.290. The smallest absolute Gasteiger partial charge is 0.243 e. The zero-order chi connectivity index (χ0) is 21.0. The van der Waals surface area contributed by atoms with Crippen molar-refractivity contribution in [1.82, 2.24) is 9.21 Å². The van der Waals surface area contributed by atoms with Gasteiger partial charge in [0.1, 0.15) is 5.75 Å². The largest absolute Gasteiger partial charge is 0.497 e. The fourth-order valence-corrected chi connectivity index (χ4v) is 5.16. The van der Waals surface area contributed by atoms with E-state index in [0.29, 0.717) is 31.0 Å². The number of hydrogen-bond acceptors (Lipinski definition) is 4. The van der Waals surface area contributed by atoms with Crippen LogP contribution in [-0.2, 0) is 21.4 Å². The van der Waals surface area contributed by atoms with Crippen LogP contribution in [-0.4, -0.2) is 50.8 Å². The number of carbonyl (C=O) groups excluding carboxylic acids is 1. The number of benzene rings is 2. The van der Waals surface area contributed by atoms with Crippen LogP contribution in [0.15, 0.2) is 53.4 Å². The second-order valence-electron chi connectivity index (χ2n) is 7.20. The van der Waals surface area contributed by atoms with Gasteiger partial charge in [0.25, 0.3) is 0 Å². The molecule has 1 heterocycles. The standard InChI is InChI=1S/C21H25ClN2O4S/c1-23(14-16-5-9-19(28-2)10-6-16)21(25)17-4-3-13-24(15-17)29(26,27)20-11-7-18(22)8-12-20/h5-12,17H,3-4,13-15H2,1-2H3/t17-/m0/s1. The normalized spacial score (nSPS) is 17.7. The highest BCUT2D eigenvalue weighted by atomic mass is 35.5. The number of halogens is 1. The molecule has 0 N–H and O–H groups in total. The Morgan fingerprint density at radius 2 is 1.83 bits per heavy atom. The molecule has 1 saturated heterocycles. The predicted octanol–water partition coefficient (Wildman–Crippen LogP) is 3.41. The molecule has 1 atom stereocenters. The lowest BCUT2D eigenvalue weighted by atomic mass is 9.98. The molecule has 1 aliphatic heterocycles. The van der Waals surface area contributed by atoms with E-state index in [4.69, 9.17) is 16.3 Å². The Labute approximate surface area is 177 Å². The topological polar surface area (TPSA) is 66.9 Å². The first-order valence-corrected chi connectivity index (χ1v) is 11.3. The molecule has 0 spiro atoms. The summed E-state index contributed by atoms with van der Waals surface area (Å²) in [6.45, 7) is 1.07. The minimum absolute atomic E-state index is 0.0446. The third-order valence-electron chi connectivity index (χ3n) is 5.14. The molecule has 156 valence electrons. The molecule has 0 bridgehead atoms. The van der Waals surface area contributed by atoms with Gasteiger partial charge in [-0.15, -0.1) is 0 Å². The minimum Gasteiger partial charge on any atom is -0.497 e. The number of carbonyl (C=O) groups is 1. The van der Waals surface area contributed by atoms with E-state index in [9.17, 15) is 13.2 Å². The SMILES string of the molecule is COc1ccc(CN(C)C(=O)[C@H]2CCCN(S(=O)(=O)c3ccc(Cl)cc3)C2)cc1. The third-order valence-corrected chi connectivity index (χ3v) is 7.27. The van der Waals surface area contributed by atoms with Gasteiger partial charge in [0, 0.05) is 31.7 Å². The molecular weight excluding hydrogens is 412 g/mol. The van der Waals surface area contributed by atoms with Crippen LogP contribution in [0.4, 0.5) is 0 Å². The van der Waals surface area contributed by atoms with Gasteiger partial charge >= 0.3 is 0 Å². The number of ether oxygens (including phenoxy) is 1. The molecule has 8 heteroatoms. The summed E-state index contributed by atoms with van der Waals surface area (Å²) >= 11 is 5.86. The lowest BCUT2D eigenvalue weighted by Gasteiger charge is -2.33. The molecule has 3 rings (SSSR count). The number of piperidine rings is 1. The van der Waals surface area contributed by atoms with Gasteiger partial charge in [0.05, 0.1) is 17.9 Å². The lowest BCUT2D eigenvalue weighted by molar-refractivity contribution is -0.135. The molecule has 0 radical (unpaired) electrons. The van der Waals surface area contributed by atoms with Crippen molar-refractivity contribution in [2.75, 3.05) is 27.2 Å². The predicted molar refractivity (Wildman–Crippen MR) is 112 cm³/mol. The second-order valence-corrected chi connectivity index (χ2v) is 9.57. The fraction of sp³-hybridized carbons (Fsp3) is 0.381. The Morgan fingerprint density at radius 3 is 2.45 bits per heavy atom. The summed E-state index contributed by atoms with van der Waals surface area (Å²) in [5.74, 6) is 0.365. The van der Waals surface area contributed by atoms with Crippen molar-refractivity contribution in [3.05, 3.63) is 59.1 Å². The maximum absolute atomic E-state index is 12.9. The highest BCUT2D eigenvalue weighted by molar-refractivity contribution is 7.89. The van der Waals surface area contributed by atoms with Crippen molar-refractivity contribution in [2.24, 2.45) is 5.92 Å².